The van der Waals surface area contributed by atoms with Crippen molar-refractivity contribution >= 4 is 0 Å². The van der Waals surface area contributed by atoms with E-state index in [0.717, 1.165) is 19.1 Å². The number of unbranched alkanes of at least 4 members (excludes halogenated alkanes) is 12. The predicted molar refractivity (Wildman–Crippen MR) is 91.3 cm³/mol. The Morgan fingerprint density at radius 3 is 1.67 bits per heavy atom. The lowest BCUT2D eigenvalue weighted by Gasteiger charge is -2.02. The molecule has 0 unspecified atom stereocenters. The fourth-order valence-corrected chi connectivity index (χ4v) is 2.41. The molecule has 0 heterocycles. The summed E-state index contributed by atoms with van der Waals surface area (Å²) in [5.41, 5.74) is 5.39. The summed E-state index contributed by atoms with van der Waals surface area (Å²) in [6.45, 7) is 2.26. The highest BCUT2D eigenvalue weighted by Gasteiger charge is 1.96. The lowest BCUT2D eigenvalue weighted by atomic mass is 10.0. The SMILES string of the molecule is CCCCCCCCCCCCCCC=C(O)C(N)=CO. The molecule has 0 bridgehead atoms. The molecule has 0 atom stereocenters. The first-order valence-electron chi connectivity index (χ1n) is 8.71. The maximum Gasteiger partial charge on any atom is 0.137 e. The number of hydrogen-bond acceptors (Lipinski definition) is 3. The zero-order valence-electron chi connectivity index (χ0n) is 13.8. The summed E-state index contributed by atoms with van der Waals surface area (Å²) in [5, 5.41) is 18.0. The van der Waals surface area contributed by atoms with Crippen molar-refractivity contribution in [1.29, 1.82) is 0 Å². The molecule has 0 aromatic rings. The summed E-state index contributed by atoms with van der Waals surface area (Å²) in [6, 6.07) is 0. The van der Waals surface area contributed by atoms with Crippen molar-refractivity contribution in [1.82, 2.24) is 0 Å². The van der Waals surface area contributed by atoms with Crippen LogP contribution >= 0.6 is 0 Å². The number of aliphatic hydroxyl groups is 2. The van der Waals surface area contributed by atoms with Crippen molar-refractivity contribution in [2.45, 2.75) is 90.4 Å². The third-order valence-corrected chi connectivity index (χ3v) is 3.83. The van der Waals surface area contributed by atoms with E-state index in [2.05, 4.69) is 6.92 Å². The fraction of sp³-hybridized carbons (Fsp3) is 0.778. The summed E-state index contributed by atoms with van der Waals surface area (Å²) >= 11 is 0. The van der Waals surface area contributed by atoms with Crippen LogP contribution in [-0.2, 0) is 0 Å². The van der Waals surface area contributed by atoms with Crippen molar-refractivity contribution in [3.8, 4) is 0 Å². The van der Waals surface area contributed by atoms with Gasteiger partial charge in [0, 0.05) is 0 Å². The Morgan fingerprint density at radius 1 is 0.810 bits per heavy atom. The molecule has 0 amide bonds. The monoisotopic (exact) mass is 297 g/mol. The molecule has 4 N–H and O–H groups in total. The summed E-state index contributed by atoms with van der Waals surface area (Å²) < 4.78 is 0. The van der Waals surface area contributed by atoms with Crippen LogP contribution in [0.15, 0.2) is 23.8 Å². The number of hydrogen-bond donors (Lipinski definition) is 3. The number of nitrogens with two attached hydrogens (primary N) is 1. The average Bonchev–Trinajstić information content (AvgIpc) is 2.50. The van der Waals surface area contributed by atoms with Gasteiger partial charge in [-0.05, 0) is 18.9 Å². The molecule has 0 aliphatic carbocycles. The highest BCUT2D eigenvalue weighted by atomic mass is 16.3. The molecule has 0 spiro atoms. The first kappa shape index (κ1) is 19.9. The van der Waals surface area contributed by atoms with E-state index >= 15 is 0 Å². The second-order valence-electron chi connectivity index (χ2n) is 5.85. The molecule has 0 saturated carbocycles. The van der Waals surface area contributed by atoms with E-state index in [1.807, 2.05) is 0 Å². The molecule has 21 heavy (non-hydrogen) atoms. The van der Waals surface area contributed by atoms with Crippen LogP contribution in [0, 0.1) is 0 Å². The fourth-order valence-electron chi connectivity index (χ4n) is 2.41. The highest BCUT2D eigenvalue weighted by molar-refractivity contribution is 5.18. The second kappa shape index (κ2) is 15.3. The van der Waals surface area contributed by atoms with Gasteiger partial charge in [-0.25, -0.2) is 0 Å². The Bertz CT molecular complexity index is 285. The summed E-state index contributed by atoms with van der Waals surface area (Å²) in [7, 11) is 0. The molecule has 0 radical (unpaired) electrons. The van der Waals surface area contributed by atoms with Crippen LogP contribution in [0.3, 0.4) is 0 Å². The average molecular weight is 297 g/mol. The van der Waals surface area contributed by atoms with Gasteiger partial charge in [0.05, 0.1) is 0 Å². The van der Waals surface area contributed by atoms with Gasteiger partial charge < -0.3 is 15.9 Å². The zero-order valence-corrected chi connectivity index (χ0v) is 13.8. The van der Waals surface area contributed by atoms with Crippen molar-refractivity contribution in [3.63, 3.8) is 0 Å². The lowest BCUT2D eigenvalue weighted by Crippen LogP contribution is -2.00. The number of allylic oxidation sites excluding steroid dienone is 1. The smallest absolute Gasteiger partial charge is 0.137 e. The Balaban J connectivity index is 3.23. The molecule has 3 heteroatoms. The third kappa shape index (κ3) is 13.6. The van der Waals surface area contributed by atoms with Crippen molar-refractivity contribution in [3.05, 3.63) is 23.8 Å². The van der Waals surface area contributed by atoms with Crippen LogP contribution in [0.5, 0.6) is 0 Å². The number of rotatable bonds is 14. The van der Waals surface area contributed by atoms with Gasteiger partial charge in [-0.15, -0.1) is 0 Å². The molecule has 124 valence electrons. The first-order valence-corrected chi connectivity index (χ1v) is 8.71. The normalized spacial score (nSPS) is 12.8. The van der Waals surface area contributed by atoms with Crippen LogP contribution in [0.25, 0.3) is 0 Å². The minimum absolute atomic E-state index is 0.0134. The Morgan fingerprint density at radius 2 is 1.24 bits per heavy atom. The molecular formula is C18H35NO2. The summed E-state index contributed by atoms with van der Waals surface area (Å²) in [5.74, 6) is -0.0134. The van der Waals surface area contributed by atoms with Crippen molar-refractivity contribution in [2.75, 3.05) is 0 Å². The van der Waals surface area contributed by atoms with Crippen LogP contribution in [0.4, 0.5) is 0 Å². The van der Waals surface area contributed by atoms with E-state index in [9.17, 15) is 5.11 Å². The topological polar surface area (TPSA) is 66.5 Å². The molecule has 0 fully saturated rings. The van der Waals surface area contributed by atoms with Gasteiger partial charge in [0.2, 0.25) is 0 Å². The van der Waals surface area contributed by atoms with Gasteiger partial charge in [0.25, 0.3) is 0 Å². The van der Waals surface area contributed by atoms with Crippen LogP contribution < -0.4 is 5.73 Å². The number of aliphatic hydroxyl groups excluding tert-OH is 2. The van der Waals surface area contributed by atoms with Crippen molar-refractivity contribution in [2.24, 2.45) is 5.73 Å². The van der Waals surface area contributed by atoms with Gasteiger partial charge >= 0.3 is 0 Å². The van der Waals surface area contributed by atoms with E-state index < -0.39 is 0 Å². The standard InChI is InChI=1S/C18H35NO2/c1-2-3-4-5-6-7-8-9-10-11-12-13-14-15-18(21)17(19)16-20/h15-16,20-21H,2-14,19H2,1H3. The molecule has 0 aromatic heterocycles. The predicted octanol–water partition coefficient (Wildman–Crippen LogP) is 5.88. The maximum atomic E-state index is 9.40. The Hall–Kier alpha value is -1.12. The highest BCUT2D eigenvalue weighted by Crippen LogP contribution is 2.13. The van der Waals surface area contributed by atoms with Gasteiger partial charge in [0.15, 0.2) is 0 Å². The minimum atomic E-state index is -0.0134. The van der Waals surface area contributed by atoms with Crippen LogP contribution in [0.1, 0.15) is 90.4 Å². The van der Waals surface area contributed by atoms with Crippen LogP contribution in [0.2, 0.25) is 0 Å². The van der Waals surface area contributed by atoms with E-state index in [1.165, 1.54) is 70.6 Å². The molecule has 0 aliphatic heterocycles. The third-order valence-electron chi connectivity index (χ3n) is 3.83. The van der Waals surface area contributed by atoms with Gasteiger partial charge in [-0.2, -0.15) is 0 Å². The minimum Gasteiger partial charge on any atom is -0.513 e. The van der Waals surface area contributed by atoms with Gasteiger partial charge in [-0.1, -0.05) is 77.6 Å². The molecule has 0 aliphatic rings. The molecule has 3 nitrogen and oxygen atoms in total. The molecule has 0 rings (SSSR count). The second-order valence-corrected chi connectivity index (χ2v) is 5.85. The molecular weight excluding hydrogens is 262 g/mol. The van der Waals surface area contributed by atoms with E-state index in [1.54, 1.807) is 6.08 Å². The lowest BCUT2D eigenvalue weighted by molar-refractivity contribution is 0.403. The van der Waals surface area contributed by atoms with Crippen molar-refractivity contribution < 1.29 is 10.2 Å². The summed E-state index contributed by atoms with van der Waals surface area (Å²) in [6.07, 6.45) is 19.2. The van der Waals surface area contributed by atoms with Gasteiger partial charge in [0.1, 0.15) is 17.7 Å². The van der Waals surface area contributed by atoms with E-state index in [4.69, 9.17) is 10.8 Å². The molecule has 0 saturated heterocycles. The maximum absolute atomic E-state index is 9.40. The Labute approximate surface area is 130 Å². The Kier molecular flexibility index (Phi) is 14.5. The zero-order chi connectivity index (χ0) is 15.8. The van der Waals surface area contributed by atoms with Gasteiger partial charge in [-0.3, -0.25) is 0 Å². The van der Waals surface area contributed by atoms with E-state index in [-0.39, 0.29) is 11.5 Å². The van der Waals surface area contributed by atoms with E-state index in [0.29, 0.717) is 0 Å². The quantitative estimate of drug-likeness (QED) is 0.213. The first-order chi connectivity index (χ1) is 10.2. The largest absolute Gasteiger partial charge is 0.513 e. The summed E-state index contributed by atoms with van der Waals surface area (Å²) in [4.78, 5) is 0. The van der Waals surface area contributed by atoms with Crippen LogP contribution in [-0.4, -0.2) is 10.2 Å². The molecule has 0 aromatic carbocycles.